The summed E-state index contributed by atoms with van der Waals surface area (Å²) in [5.41, 5.74) is 11.2. The molecule has 4 aromatic rings. The quantitative estimate of drug-likeness (QED) is 0.236. The van der Waals surface area contributed by atoms with Crippen LogP contribution < -0.4 is 0 Å². The van der Waals surface area contributed by atoms with E-state index in [1.807, 2.05) is 0 Å². The van der Waals surface area contributed by atoms with Gasteiger partial charge in [0.05, 0.1) is 0 Å². The van der Waals surface area contributed by atoms with Crippen LogP contribution in [0.4, 0.5) is 0 Å². The van der Waals surface area contributed by atoms with Gasteiger partial charge in [-0.2, -0.15) is 0 Å². The Morgan fingerprint density at radius 1 is 0.455 bits per heavy atom. The Kier molecular flexibility index (Phi) is 5.26. The maximum atomic E-state index is 2.58. The molecule has 2 atom stereocenters. The van der Waals surface area contributed by atoms with E-state index in [4.69, 9.17) is 0 Å². The molecule has 0 fully saturated rings. The summed E-state index contributed by atoms with van der Waals surface area (Å²) in [6.07, 6.45) is 5.17. The average Bonchev–Trinajstić information content (AvgIpc) is 3.32. The van der Waals surface area contributed by atoms with Gasteiger partial charge in [0.25, 0.3) is 0 Å². The molecule has 0 bridgehead atoms. The molecule has 0 heterocycles. The molecule has 0 radical (unpaired) electrons. The normalized spacial score (nSPS) is 23.1. The topological polar surface area (TPSA) is 0 Å². The van der Waals surface area contributed by atoms with E-state index in [0.29, 0.717) is 0 Å². The minimum absolute atomic E-state index is 0.0896. The first kappa shape index (κ1) is 21.2. The number of hydrogen-bond acceptors (Lipinski definition) is 0. The molecule has 0 amide bonds. The Bertz CT molecular complexity index is 1290. The zero-order valence-electron chi connectivity index (χ0n) is 18.9. The van der Waals surface area contributed by atoms with Crippen LogP contribution in [0.2, 0.25) is 0 Å². The molecule has 162 valence electrons. The van der Waals surface area contributed by atoms with E-state index in [1.165, 1.54) is 44.5 Å². The van der Waals surface area contributed by atoms with E-state index in [2.05, 4.69) is 135 Å². The minimum atomic E-state index is -0.672. The third kappa shape index (κ3) is 3.58. The molecule has 0 aliphatic heterocycles. The molecule has 0 aromatic heterocycles. The van der Waals surface area contributed by atoms with Crippen molar-refractivity contribution >= 4 is 11.1 Å². The Hall–Kier alpha value is -2.32. The first-order valence-corrected chi connectivity index (χ1v) is 13.8. The van der Waals surface area contributed by atoms with Crippen molar-refractivity contribution in [2.45, 2.75) is 16.2 Å². The first-order valence-electron chi connectivity index (χ1n) is 11.5. The van der Waals surface area contributed by atoms with Gasteiger partial charge in [-0.05, 0) is 0 Å². The van der Waals surface area contributed by atoms with Crippen LogP contribution >= 0.6 is 0 Å². The summed E-state index contributed by atoms with van der Waals surface area (Å²) in [5.74, 6) is 0. The molecule has 2 unspecified atom stereocenters. The van der Waals surface area contributed by atoms with Crippen molar-refractivity contribution in [3.05, 3.63) is 155 Å². The predicted molar refractivity (Wildman–Crippen MR) is 135 cm³/mol. The van der Waals surface area contributed by atoms with Crippen LogP contribution in [0.1, 0.15) is 47.2 Å². The van der Waals surface area contributed by atoms with Gasteiger partial charge in [0.2, 0.25) is 0 Å². The monoisotopic (exact) mass is 568 g/mol. The van der Waals surface area contributed by atoms with E-state index in [9.17, 15) is 0 Å². The van der Waals surface area contributed by atoms with E-state index in [-0.39, 0.29) is 2.39 Å². The Balaban J connectivity index is 1.49. The van der Waals surface area contributed by atoms with Crippen molar-refractivity contribution in [3.8, 4) is 0 Å². The molecule has 4 aromatic carbocycles. The first-order chi connectivity index (χ1) is 16.1. The third-order valence-corrected chi connectivity index (χ3v) is 11.1. The van der Waals surface area contributed by atoms with Crippen LogP contribution in [0.25, 0.3) is 11.1 Å². The fourth-order valence-electron chi connectivity index (χ4n) is 5.36. The van der Waals surface area contributed by atoms with Crippen molar-refractivity contribution in [1.82, 2.24) is 0 Å². The fraction of sp³-hybridized carbons (Fsp3) is 0.125. The van der Waals surface area contributed by atoms with Crippen LogP contribution in [-0.2, 0) is 2.39 Å². The second kappa shape index (κ2) is 8.17. The number of hydrogen-bond donors (Lipinski definition) is 0. The number of fused-ring (bicyclic) bond motifs is 2. The summed E-state index contributed by atoms with van der Waals surface area (Å²) in [7, 11) is 0. The molecular formula is C32H26Gd. The van der Waals surface area contributed by atoms with Gasteiger partial charge in [-0.3, -0.25) is 0 Å². The van der Waals surface area contributed by atoms with Gasteiger partial charge in [0, 0.05) is 0 Å². The summed E-state index contributed by atoms with van der Waals surface area (Å²) in [5, 5.41) is 0. The molecule has 6 rings (SSSR count). The molecular weight excluding hydrogens is 542 g/mol. The van der Waals surface area contributed by atoms with Crippen molar-refractivity contribution in [3.63, 3.8) is 0 Å². The molecule has 0 spiro atoms. The molecule has 0 saturated heterocycles. The van der Waals surface area contributed by atoms with Crippen LogP contribution in [0.5, 0.6) is 0 Å². The van der Waals surface area contributed by atoms with Crippen LogP contribution in [-0.4, -0.2) is 0 Å². The van der Waals surface area contributed by atoms with Crippen LogP contribution in [0.15, 0.2) is 121 Å². The Morgan fingerprint density at radius 3 is 1.24 bits per heavy atom. The molecule has 2 aliphatic rings. The zero-order chi connectivity index (χ0) is 22.5. The van der Waals surface area contributed by atoms with E-state index in [1.54, 1.807) is 0 Å². The Labute approximate surface area is 216 Å². The summed E-state index contributed by atoms with van der Waals surface area (Å²) in [6.45, 7) is 4.96. The summed E-state index contributed by atoms with van der Waals surface area (Å²) in [4.78, 5) is 0. The van der Waals surface area contributed by atoms with Crippen molar-refractivity contribution in [1.29, 1.82) is 0 Å². The van der Waals surface area contributed by atoms with Gasteiger partial charge in [-0.1, -0.05) is 0 Å². The van der Waals surface area contributed by atoms with Gasteiger partial charge < -0.3 is 0 Å². The Morgan fingerprint density at radius 2 is 0.818 bits per heavy atom. The van der Waals surface area contributed by atoms with E-state index in [0.717, 1.165) is 0 Å². The van der Waals surface area contributed by atoms with Crippen LogP contribution in [0.3, 0.4) is 0 Å². The molecule has 0 nitrogen and oxygen atoms in total. The number of benzene rings is 4. The van der Waals surface area contributed by atoms with Crippen molar-refractivity contribution in [2.24, 2.45) is 0 Å². The molecule has 0 N–H and O–H groups in total. The molecule has 1 heteroatoms. The molecule has 0 saturated carbocycles. The van der Waals surface area contributed by atoms with Gasteiger partial charge in [-0.25, -0.2) is 0 Å². The maximum absolute atomic E-state index is 2.58. The van der Waals surface area contributed by atoms with E-state index >= 15 is 0 Å². The average molecular weight is 568 g/mol. The second-order valence-corrected chi connectivity index (χ2v) is 14.4. The summed E-state index contributed by atoms with van der Waals surface area (Å²) < 4.78 is 0.179. The zero-order valence-corrected chi connectivity index (χ0v) is 21.2. The van der Waals surface area contributed by atoms with Gasteiger partial charge in [0.1, 0.15) is 0 Å². The second-order valence-electron chi connectivity index (χ2n) is 9.13. The summed E-state index contributed by atoms with van der Waals surface area (Å²) >= 11 is -0.672. The predicted octanol–water partition coefficient (Wildman–Crippen LogP) is 7.79. The fourth-order valence-corrected chi connectivity index (χ4v) is 10.4. The SMILES string of the molecule is C[C]1([Gd][C]2(C)C=C(c3ccccc3)c3ccccc32)C=C(c2ccccc2)c2ccccc21. The van der Waals surface area contributed by atoms with E-state index < -0.39 is 35.9 Å². The van der Waals surface area contributed by atoms with Gasteiger partial charge in [0.15, 0.2) is 0 Å². The molecule has 2 aliphatic carbocycles. The molecule has 33 heavy (non-hydrogen) atoms. The standard InChI is InChI=1S/2C16H13.Gd/c2*1-12-11-16(13-7-3-2-4-8-13)15-10-6-5-9-14(12)15;/h2*2-11H,1H3;. The summed E-state index contributed by atoms with van der Waals surface area (Å²) in [6, 6.07) is 39.9. The number of allylic oxidation sites excluding steroid dienone is 2. The van der Waals surface area contributed by atoms with Gasteiger partial charge >= 0.3 is 218 Å². The van der Waals surface area contributed by atoms with Crippen molar-refractivity contribution < 1.29 is 35.9 Å². The third-order valence-electron chi connectivity index (χ3n) is 6.84. The van der Waals surface area contributed by atoms with Crippen LogP contribution in [0, 0.1) is 35.9 Å². The van der Waals surface area contributed by atoms with Gasteiger partial charge in [-0.15, -0.1) is 0 Å². The number of rotatable bonds is 4. The van der Waals surface area contributed by atoms with Crippen molar-refractivity contribution in [2.75, 3.05) is 0 Å².